The maximum atomic E-state index is 11.6. The average molecular weight is 525 g/mol. The minimum atomic E-state index is -3.78. The summed E-state index contributed by atoms with van der Waals surface area (Å²) in [6.07, 6.45) is 3.50. The minimum Gasteiger partial charge on any atom is -0.254 e. The van der Waals surface area contributed by atoms with Crippen LogP contribution >= 0.6 is 22.7 Å². The Bertz CT molecular complexity index is 1630. The lowest BCUT2D eigenvalue weighted by Crippen LogP contribution is -1.92. The zero-order valence-electron chi connectivity index (χ0n) is 18.2. The molecule has 2 heterocycles. The average Bonchev–Trinajstić information content (AvgIpc) is 2.88. The molecule has 0 unspecified atom stereocenters. The van der Waals surface area contributed by atoms with E-state index in [4.69, 9.17) is 15.0 Å². The highest BCUT2D eigenvalue weighted by Crippen LogP contribution is 2.35. The molecule has 5 rings (SSSR count). The Morgan fingerprint density at radius 2 is 1.26 bits per heavy atom. The molecular formula is C25H17ClN2O5S2. The highest BCUT2D eigenvalue weighted by Gasteiger charge is 2.14. The zero-order valence-corrected chi connectivity index (χ0v) is 20.6. The maximum absolute atomic E-state index is 11.6. The van der Waals surface area contributed by atoms with Crippen LogP contribution in [0, 0.1) is 0 Å². The third-order valence-corrected chi connectivity index (χ3v) is 7.42. The summed E-state index contributed by atoms with van der Waals surface area (Å²) in [5.41, 5.74) is 5.34. The van der Waals surface area contributed by atoms with E-state index in [0.29, 0.717) is 0 Å². The van der Waals surface area contributed by atoms with Crippen molar-refractivity contribution in [3.8, 4) is 22.3 Å². The smallest absolute Gasteiger partial charge is 0.254 e. The van der Waals surface area contributed by atoms with Crippen LogP contribution in [0.25, 0.3) is 44.1 Å². The van der Waals surface area contributed by atoms with E-state index in [-0.39, 0.29) is 4.90 Å². The molecule has 5 aromatic rings. The molecule has 176 valence electrons. The minimum absolute atomic E-state index is 0.0558. The monoisotopic (exact) mass is 524 g/mol. The van der Waals surface area contributed by atoms with Crippen molar-refractivity contribution in [2.45, 2.75) is 9.79 Å². The van der Waals surface area contributed by atoms with Crippen LogP contribution in [0.1, 0.15) is 0 Å². The second-order valence-electron chi connectivity index (χ2n) is 7.45. The van der Waals surface area contributed by atoms with Crippen LogP contribution in [0.5, 0.6) is 0 Å². The summed E-state index contributed by atoms with van der Waals surface area (Å²) in [5.74, 6) is 0. The second-order valence-corrected chi connectivity index (χ2v) is 10.8. The van der Waals surface area contributed by atoms with Crippen molar-refractivity contribution in [3.63, 3.8) is 0 Å². The van der Waals surface area contributed by atoms with Gasteiger partial charge >= 0.3 is 0 Å². The highest BCUT2D eigenvalue weighted by atomic mass is 35.7. The quantitative estimate of drug-likeness (QED) is 0.0590. The summed E-state index contributed by atoms with van der Waals surface area (Å²) in [5, 5.41) is 6.30. The summed E-state index contributed by atoms with van der Waals surface area (Å²) in [7, 11) is 3.04. The fourth-order valence-electron chi connectivity index (χ4n) is 3.90. The van der Waals surface area contributed by atoms with E-state index < -0.39 is 9.05 Å². The fraction of sp³-hybridized carbons (Fsp3) is 0.0400. The Kier molecular flexibility index (Phi) is 6.70. The Hall–Kier alpha value is -3.05. The zero-order chi connectivity index (χ0) is 24.4. The van der Waals surface area contributed by atoms with E-state index >= 15 is 0 Å². The van der Waals surface area contributed by atoms with Gasteiger partial charge in [-0.15, -0.1) is 4.33 Å². The Morgan fingerprint density at radius 1 is 0.743 bits per heavy atom. The Labute approximate surface area is 210 Å². The van der Waals surface area contributed by atoms with E-state index in [1.54, 1.807) is 24.5 Å². The molecule has 0 atom stereocenters. The number of hydrogen-bond donors (Lipinski definition) is 0. The summed E-state index contributed by atoms with van der Waals surface area (Å²) in [6.45, 7) is 0. The van der Waals surface area contributed by atoms with Crippen molar-refractivity contribution >= 4 is 53.6 Å². The van der Waals surface area contributed by atoms with Crippen LogP contribution in [-0.2, 0) is 23.3 Å². The van der Waals surface area contributed by atoms with Crippen molar-refractivity contribution in [1.29, 1.82) is 0 Å². The van der Waals surface area contributed by atoms with Gasteiger partial charge in [0.2, 0.25) is 0 Å². The van der Waals surface area contributed by atoms with Crippen molar-refractivity contribution in [2.75, 3.05) is 7.11 Å². The van der Waals surface area contributed by atoms with Gasteiger partial charge in [0.15, 0.2) is 0 Å². The van der Waals surface area contributed by atoms with Gasteiger partial charge in [-0.25, -0.2) is 13.3 Å². The molecule has 0 amide bonds. The largest absolute Gasteiger partial charge is 0.261 e. The number of benzene rings is 3. The number of aromatic nitrogens is 2. The molecular weight excluding hydrogens is 508 g/mol. The summed E-state index contributed by atoms with van der Waals surface area (Å²) < 4.78 is 28.0. The van der Waals surface area contributed by atoms with Crippen molar-refractivity contribution in [1.82, 2.24) is 9.97 Å². The first kappa shape index (κ1) is 23.7. The van der Waals surface area contributed by atoms with Crippen LogP contribution in [0.4, 0.5) is 0 Å². The maximum Gasteiger partial charge on any atom is 0.261 e. The van der Waals surface area contributed by atoms with Gasteiger partial charge in [0.1, 0.15) is 0 Å². The van der Waals surface area contributed by atoms with Gasteiger partial charge in [-0.05, 0) is 58.7 Å². The van der Waals surface area contributed by atoms with Gasteiger partial charge in [0.05, 0.1) is 35.1 Å². The Morgan fingerprint density at radius 3 is 1.74 bits per heavy atom. The number of pyridine rings is 2. The first-order valence-corrected chi connectivity index (χ1v) is 13.4. The molecule has 0 spiro atoms. The summed E-state index contributed by atoms with van der Waals surface area (Å²) >= 11 is 1.05. The molecule has 0 bridgehead atoms. The van der Waals surface area contributed by atoms with Crippen molar-refractivity contribution in [3.05, 3.63) is 85.2 Å². The molecule has 3 aromatic carbocycles. The molecule has 0 aliphatic heterocycles. The molecule has 2 aromatic heterocycles. The third-order valence-electron chi connectivity index (χ3n) is 5.46. The van der Waals surface area contributed by atoms with Gasteiger partial charge in [0.25, 0.3) is 9.05 Å². The molecule has 0 saturated heterocycles. The number of halogens is 1. The standard InChI is InChI=1S/C25H17ClN2O5S2/c1-31-32-33-34-18-6-2-16(3-7-18)20-12-14-27-24-22(20)10-11-23-21(13-15-28-25(23)24)17-4-8-19(9-5-17)35(26,29)30/h2-15H,1H3. The molecule has 0 radical (unpaired) electrons. The first-order valence-electron chi connectivity index (χ1n) is 10.3. The summed E-state index contributed by atoms with van der Waals surface area (Å²) in [6, 6.07) is 22.2. The fourth-order valence-corrected chi connectivity index (χ4v) is 5.08. The predicted octanol–water partition coefficient (Wildman–Crippen LogP) is 6.56. The molecule has 0 aliphatic carbocycles. The molecule has 0 saturated carbocycles. The molecule has 10 heteroatoms. The van der Waals surface area contributed by atoms with Crippen LogP contribution in [0.15, 0.2) is 95.0 Å². The second kappa shape index (κ2) is 9.90. The lowest BCUT2D eigenvalue weighted by atomic mass is 9.96. The Balaban J connectivity index is 1.57. The van der Waals surface area contributed by atoms with Gasteiger partial charge in [0, 0.05) is 38.7 Å². The van der Waals surface area contributed by atoms with Crippen LogP contribution < -0.4 is 0 Å². The molecule has 0 fully saturated rings. The number of nitrogens with zero attached hydrogens (tertiary/aromatic N) is 2. The normalized spacial score (nSPS) is 11.8. The first-order chi connectivity index (χ1) is 17.0. The molecule has 7 nitrogen and oxygen atoms in total. The SMILES string of the molecule is COOOSc1ccc(-c2ccnc3c2ccc2c(-c4ccc(S(=O)(=O)Cl)cc4)ccnc23)cc1. The van der Waals surface area contributed by atoms with Crippen molar-refractivity contribution < 1.29 is 22.7 Å². The number of hydrogen-bond acceptors (Lipinski definition) is 8. The lowest BCUT2D eigenvalue weighted by Gasteiger charge is -2.11. The van der Waals surface area contributed by atoms with Crippen LogP contribution in [-0.4, -0.2) is 25.5 Å². The molecule has 0 N–H and O–H groups in total. The van der Waals surface area contributed by atoms with Gasteiger partial charge in [-0.2, -0.15) is 0 Å². The van der Waals surface area contributed by atoms with E-state index in [1.165, 1.54) is 19.2 Å². The topological polar surface area (TPSA) is 87.6 Å². The highest BCUT2D eigenvalue weighted by molar-refractivity contribution is 8.13. The number of rotatable bonds is 7. The van der Waals surface area contributed by atoms with E-state index in [1.807, 2.05) is 48.5 Å². The summed E-state index contributed by atoms with van der Waals surface area (Å²) in [4.78, 5) is 14.6. The predicted molar refractivity (Wildman–Crippen MR) is 136 cm³/mol. The van der Waals surface area contributed by atoms with Crippen molar-refractivity contribution in [2.24, 2.45) is 0 Å². The van der Waals surface area contributed by atoms with Gasteiger partial charge < -0.3 is 0 Å². The van der Waals surface area contributed by atoms with Crippen LogP contribution in [0.2, 0.25) is 0 Å². The third kappa shape index (κ3) is 4.87. The lowest BCUT2D eigenvalue weighted by molar-refractivity contribution is -0.447. The molecule has 35 heavy (non-hydrogen) atoms. The van der Waals surface area contributed by atoms with Gasteiger partial charge in [-0.3, -0.25) is 9.97 Å². The number of fused-ring (bicyclic) bond motifs is 3. The van der Waals surface area contributed by atoms with E-state index in [2.05, 4.69) is 19.9 Å². The van der Waals surface area contributed by atoms with Gasteiger partial charge in [-0.1, -0.05) is 41.4 Å². The van der Waals surface area contributed by atoms with Crippen LogP contribution in [0.3, 0.4) is 0 Å². The van der Waals surface area contributed by atoms with E-state index in [0.717, 1.165) is 61.0 Å². The van der Waals surface area contributed by atoms with E-state index in [9.17, 15) is 8.42 Å². The molecule has 0 aliphatic rings.